The number of carbonyl (C=O) groups excluding carboxylic acids is 1. The highest BCUT2D eigenvalue weighted by atomic mass is 32.1. The topological polar surface area (TPSA) is 66.4 Å². The van der Waals surface area contributed by atoms with Crippen LogP contribution in [0.4, 0.5) is 0 Å². The van der Waals surface area contributed by atoms with Crippen molar-refractivity contribution in [2.45, 2.75) is 57.4 Å². The van der Waals surface area contributed by atoms with Gasteiger partial charge in [0, 0.05) is 11.3 Å². The van der Waals surface area contributed by atoms with Crippen molar-refractivity contribution >= 4 is 23.2 Å². The van der Waals surface area contributed by atoms with Crippen LogP contribution in [-0.2, 0) is 9.59 Å². The molecule has 4 nitrogen and oxygen atoms in total. The number of carbonyl (C=O) groups is 2. The van der Waals surface area contributed by atoms with Gasteiger partial charge in [-0.25, -0.2) is 4.79 Å². The normalized spacial score (nSPS) is 17.3. The third kappa shape index (κ3) is 5.16. The second-order valence-electron chi connectivity index (χ2n) is 5.75. The van der Waals surface area contributed by atoms with Crippen molar-refractivity contribution in [2.75, 3.05) is 0 Å². The van der Waals surface area contributed by atoms with Crippen molar-refractivity contribution in [2.24, 2.45) is 5.92 Å². The molecule has 1 aromatic heterocycles. The van der Waals surface area contributed by atoms with Gasteiger partial charge in [0.25, 0.3) is 0 Å². The van der Waals surface area contributed by atoms with Crippen LogP contribution in [0.25, 0.3) is 0 Å². The van der Waals surface area contributed by atoms with Gasteiger partial charge in [0.15, 0.2) is 6.04 Å². The van der Waals surface area contributed by atoms with Crippen LogP contribution in [0.5, 0.6) is 0 Å². The highest BCUT2D eigenvalue weighted by Gasteiger charge is 2.23. The number of rotatable bonds is 7. The molecule has 2 rings (SSSR count). The van der Waals surface area contributed by atoms with Gasteiger partial charge in [-0.2, -0.15) is 0 Å². The lowest BCUT2D eigenvalue weighted by atomic mass is 9.86. The molecule has 0 aliphatic heterocycles. The molecule has 21 heavy (non-hydrogen) atoms. The summed E-state index contributed by atoms with van der Waals surface area (Å²) in [5.74, 6) is -0.399. The number of hydrogen-bond donors (Lipinski definition) is 2. The number of aliphatic carboxylic acids is 1. The lowest BCUT2D eigenvalue weighted by molar-refractivity contribution is -0.142. The Kier molecular flexibility index (Phi) is 6.23. The molecule has 1 unspecified atom stereocenters. The quantitative estimate of drug-likeness (QED) is 0.806. The minimum absolute atomic E-state index is 0.161. The molecule has 1 aromatic rings. The monoisotopic (exact) mass is 309 g/mol. The van der Waals surface area contributed by atoms with E-state index in [1.165, 1.54) is 43.4 Å². The number of thiophene rings is 1. The fourth-order valence-electron chi connectivity index (χ4n) is 2.97. The first-order chi connectivity index (χ1) is 10.2. The zero-order valence-electron chi connectivity index (χ0n) is 12.2. The Balaban J connectivity index is 1.73. The van der Waals surface area contributed by atoms with Gasteiger partial charge in [-0.15, -0.1) is 11.3 Å². The Hall–Kier alpha value is -1.36. The van der Waals surface area contributed by atoms with Crippen LogP contribution >= 0.6 is 11.3 Å². The molecule has 116 valence electrons. The second kappa shape index (κ2) is 8.17. The number of nitrogens with one attached hydrogen (secondary N) is 1. The molecule has 0 aromatic carbocycles. The van der Waals surface area contributed by atoms with E-state index in [4.69, 9.17) is 0 Å². The summed E-state index contributed by atoms with van der Waals surface area (Å²) in [6.07, 6.45) is 8.91. The van der Waals surface area contributed by atoms with Gasteiger partial charge in [0.2, 0.25) is 5.91 Å². The van der Waals surface area contributed by atoms with E-state index in [0.29, 0.717) is 11.3 Å². The van der Waals surface area contributed by atoms with Gasteiger partial charge in [0.1, 0.15) is 0 Å². The van der Waals surface area contributed by atoms with Crippen molar-refractivity contribution < 1.29 is 14.7 Å². The summed E-state index contributed by atoms with van der Waals surface area (Å²) in [6, 6.07) is 2.63. The molecule has 1 aliphatic carbocycles. The van der Waals surface area contributed by atoms with Gasteiger partial charge < -0.3 is 10.4 Å². The maximum absolute atomic E-state index is 11.9. The van der Waals surface area contributed by atoms with Gasteiger partial charge in [0.05, 0.1) is 0 Å². The average Bonchev–Trinajstić information content (AvgIpc) is 2.99. The van der Waals surface area contributed by atoms with Crippen molar-refractivity contribution in [3.63, 3.8) is 0 Å². The second-order valence-corrected chi connectivity index (χ2v) is 6.73. The Morgan fingerprint density at radius 2 is 2.10 bits per heavy atom. The molecule has 2 N–H and O–H groups in total. The first-order valence-corrected chi connectivity index (χ1v) is 8.60. The predicted molar refractivity (Wildman–Crippen MR) is 83.3 cm³/mol. The summed E-state index contributed by atoms with van der Waals surface area (Å²) < 4.78 is 0. The molecule has 1 saturated carbocycles. The number of hydrogen-bond acceptors (Lipinski definition) is 3. The van der Waals surface area contributed by atoms with Gasteiger partial charge >= 0.3 is 5.97 Å². The molecule has 1 amide bonds. The highest BCUT2D eigenvalue weighted by Crippen LogP contribution is 2.27. The zero-order valence-corrected chi connectivity index (χ0v) is 13.0. The van der Waals surface area contributed by atoms with Crippen molar-refractivity contribution in [1.82, 2.24) is 5.32 Å². The SMILES string of the molecule is O=C(CCCC1CCCCC1)NC(C(=O)O)c1cccs1. The lowest BCUT2D eigenvalue weighted by Crippen LogP contribution is -2.33. The molecule has 1 atom stereocenters. The summed E-state index contributed by atoms with van der Waals surface area (Å²) in [6.45, 7) is 0. The van der Waals surface area contributed by atoms with Crippen LogP contribution in [0.1, 0.15) is 62.3 Å². The highest BCUT2D eigenvalue weighted by molar-refractivity contribution is 7.10. The average molecular weight is 309 g/mol. The zero-order chi connectivity index (χ0) is 15.1. The molecule has 1 aliphatic rings. The largest absolute Gasteiger partial charge is 0.479 e. The van der Waals surface area contributed by atoms with Crippen LogP contribution < -0.4 is 5.32 Å². The molecule has 0 bridgehead atoms. The predicted octanol–water partition coefficient (Wildman–Crippen LogP) is 3.74. The molecule has 0 radical (unpaired) electrons. The number of carboxylic acid groups (broad SMARTS) is 1. The minimum Gasteiger partial charge on any atom is -0.479 e. The summed E-state index contributed by atoms with van der Waals surface area (Å²) >= 11 is 1.35. The minimum atomic E-state index is -1.00. The van der Waals surface area contributed by atoms with Crippen molar-refractivity contribution in [3.05, 3.63) is 22.4 Å². The van der Waals surface area contributed by atoms with Crippen LogP contribution in [0.15, 0.2) is 17.5 Å². The summed E-state index contributed by atoms with van der Waals surface area (Å²) in [7, 11) is 0. The van der Waals surface area contributed by atoms with Gasteiger partial charge in [-0.05, 0) is 30.2 Å². The summed E-state index contributed by atoms with van der Waals surface area (Å²) in [4.78, 5) is 23.8. The Morgan fingerprint density at radius 1 is 1.33 bits per heavy atom. The first kappa shape index (κ1) is 16.0. The molecule has 5 heteroatoms. The molecule has 1 fully saturated rings. The Morgan fingerprint density at radius 3 is 2.71 bits per heavy atom. The standard InChI is InChI=1S/C16H23NO3S/c18-14(10-4-8-12-6-2-1-3-7-12)17-15(16(19)20)13-9-5-11-21-13/h5,9,11-12,15H,1-4,6-8,10H2,(H,17,18)(H,19,20). The fraction of sp³-hybridized carbons (Fsp3) is 0.625. The smallest absolute Gasteiger partial charge is 0.331 e. The van der Waals surface area contributed by atoms with E-state index in [1.54, 1.807) is 12.1 Å². The van der Waals surface area contributed by atoms with Gasteiger partial charge in [-0.1, -0.05) is 38.2 Å². The molecule has 1 heterocycles. The third-order valence-corrected chi connectivity index (χ3v) is 5.06. The maximum Gasteiger partial charge on any atom is 0.331 e. The van der Waals surface area contributed by atoms with E-state index in [2.05, 4.69) is 5.32 Å². The van der Waals surface area contributed by atoms with Crippen LogP contribution in [0.2, 0.25) is 0 Å². The third-order valence-electron chi connectivity index (χ3n) is 4.12. The Labute approximate surface area is 129 Å². The molecular formula is C16H23NO3S. The number of carboxylic acids is 1. The maximum atomic E-state index is 11.9. The van der Waals surface area contributed by atoms with E-state index in [-0.39, 0.29) is 5.91 Å². The van der Waals surface area contributed by atoms with Crippen LogP contribution in [-0.4, -0.2) is 17.0 Å². The molecular weight excluding hydrogens is 286 g/mol. The van der Waals surface area contributed by atoms with Crippen molar-refractivity contribution in [3.8, 4) is 0 Å². The fourth-order valence-corrected chi connectivity index (χ4v) is 3.74. The van der Waals surface area contributed by atoms with E-state index < -0.39 is 12.0 Å². The Bertz CT molecular complexity index is 452. The summed E-state index contributed by atoms with van der Waals surface area (Å²) in [5, 5.41) is 13.7. The summed E-state index contributed by atoms with van der Waals surface area (Å²) in [5.41, 5.74) is 0. The van der Waals surface area contributed by atoms with Crippen LogP contribution in [0.3, 0.4) is 0 Å². The van der Waals surface area contributed by atoms with Crippen LogP contribution in [0, 0.1) is 5.92 Å². The van der Waals surface area contributed by atoms with Crippen molar-refractivity contribution in [1.29, 1.82) is 0 Å². The number of amides is 1. The van der Waals surface area contributed by atoms with E-state index in [9.17, 15) is 14.7 Å². The van der Waals surface area contributed by atoms with E-state index in [1.807, 2.05) is 5.38 Å². The van der Waals surface area contributed by atoms with Gasteiger partial charge in [-0.3, -0.25) is 4.79 Å². The molecule has 0 spiro atoms. The lowest BCUT2D eigenvalue weighted by Gasteiger charge is -2.21. The molecule has 0 saturated heterocycles. The van der Waals surface area contributed by atoms with E-state index in [0.717, 1.165) is 18.8 Å². The first-order valence-electron chi connectivity index (χ1n) is 7.72. The van der Waals surface area contributed by atoms with E-state index >= 15 is 0 Å².